The van der Waals surface area contributed by atoms with E-state index in [1.54, 1.807) is 12.5 Å². The van der Waals surface area contributed by atoms with Gasteiger partial charge in [-0.25, -0.2) is 9.78 Å². The number of carboxylic acids is 1. The standard InChI is InChI=1S/C12H15N3O3/c1-9(6-15-3-2-13-8-15)14-5-11-4-10(7-18-11)12(16)17/h2-4,7-9,14H,5-6H2,1H3,(H,16,17). The molecule has 0 aliphatic carbocycles. The summed E-state index contributed by atoms with van der Waals surface area (Å²) in [6.07, 6.45) is 6.64. The molecule has 0 spiro atoms. The van der Waals surface area contributed by atoms with Crippen LogP contribution in [-0.2, 0) is 13.1 Å². The Balaban J connectivity index is 1.81. The van der Waals surface area contributed by atoms with Gasteiger partial charge in [0.1, 0.15) is 12.0 Å². The molecule has 0 bridgehead atoms. The third-order valence-electron chi connectivity index (χ3n) is 2.57. The van der Waals surface area contributed by atoms with Crippen LogP contribution in [-0.4, -0.2) is 26.7 Å². The first-order chi connectivity index (χ1) is 8.65. The lowest BCUT2D eigenvalue weighted by atomic mass is 10.3. The summed E-state index contributed by atoms with van der Waals surface area (Å²) in [4.78, 5) is 14.6. The van der Waals surface area contributed by atoms with Gasteiger partial charge >= 0.3 is 5.97 Å². The zero-order valence-electron chi connectivity index (χ0n) is 10.0. The quantitative estimate of drug-likeness (QED) is 0.807. The molecule has 0 aliphatic heterocycles. The van der Waals surface area contributed by atoms with E-state index in [9.17, 15) is 4.79 Å². The van der Waals surface area contributed by atoms with Crippen LogP contribution in [0.3, 0.4) is 0 Å². The zero-order valence-corrected chi connectivity index (χ0v) is 10.0. The molecule has 0 fully saturated rings. The first-order valence-corrected chi connectivity index (χ1v) is 5.65. The maximum absolute atomic E-state index is 10.7. The molecule has 0 saturated carbocycles. The van der Waals surface area contributed by atoms with Gasteiger partial charge in [0.15, 0.2) is 0 Å². The second-order valence-corrected chi connectivity index (χ2v) is 4.15. The van der Waals surface area contributed by atoms with Gasteiger partial charge in [0.25, 0.3) is 0 Å². The largest absolute Gasteiger partial charge is 0.478 e. The Hall–Kier alpha value is -2.08. The van der Waals surface area contributed by atoms with Crippen molar-refractivity contribution >= 4 is 5.97 Å². The van der Waals surface area contributed by atoms with Gasteiger partial charge in [0.2, 0.25) is 0 Å². The number of rotatable bonds is 6. The second kappa shape index (κ2) is 5.50. The molecule has 1 unspecified atom stereocenters. The van der Waals surface area contributed by atoms with Crippen molar-refractivity contribution in [2.24, 2.45) is 0 Å². The summed E-state index contributed by atoms with van der Waals surface area (Å²) in [6.45, 7) is 3.34. The Bertz CT molecular complexity index is 504. The lowest BCUT2D eigenvalue weighted by molar-refractivity contribution is 0.0696. The molecule has 96 valence electrons. The Morgan fingerprint density at radius 3 is 3.11 bits per heavy atom. The number of nitrogens with one attached hydrogen (secondary N) is 1. The van der Waals surface area contributed by atoms with Gasteiger partial charge in [-0.2, -0.15) is 0 Å². The summed E-state index contributed by atoms with van der Waals surface area (Å²) >= 11 is 0. The first kappa shape index (κ1) is 12.4. The Kier molecular flexibility index (Phi) is 3.78. The topological polar surface area (TPSA) is 80.3 Å². The van der Waals surface area contributed by atoms with Crippen LogP contribution in [0.2, 0.25) is 0 Å². The number of aromatic nitrogens is 2. The summed E-state index contributed by atoms with van der Waals surface area (Å²) < 4.78 is 7.12. The van der Waals surface area contributed by atoms with Gasteiger partial charge in [0, 0.05) is 25.0 Å². The molecule has 2 heterocycles. The Labute approximate surface area is 104 Å². The van der Waals surface area contributed by atoms with Gasteiger partial charge in [-0.3, -0.25) is 0 Å². The normalized spacial score (nSPS) is 12.5. The van der Waals surface area contributed by atoms with Crippen molar-refractivity contribution in [3.8, 4) is 0 Å². The highest BCUT2D eigenvalue weighted by Crippen LogP contribution is 2.07. The molecule has 6 nitrogen and oxygen atoms in total. The zero-order chi connectivity index (χ0) is 13.0. The molecule has 2 aromatic rings. The minimum Gasteiger partial charge on any atom is -0.478 e. The number of carbonyl (C=O) groups is 1. The van der Waals surface area contributed by atoms with Crippen LogP contribution in [0.25, 0.3) is 0 Å². The van der Waals surface area contributed by atoms with Crippen LogP contribution in [0.1, 0.15) is 23.0 Å². The van der Waals surface area contributed by atoms with E-state index in [0.29, 0.717) is 12.3 Å². The smallest absolute Gasteiger partial charge is 0.338 e. The van der Waals surface area contributed by atoms with Gasteiger partial charge in [0.05, 0.1) is 18.4 Å². The molecule has 0 radical (unpaired) electrons. The van der Waals surface area contributed by atoms with Crippen LogP contribution in [0, 0.1) is 0 Å². The van der Waals surface area contributed by atoms with Crippen LogP contribution >= 0.6 is 0 Å². The number of hydrogen-bond donors (Lipinski definition) is 2. The number of nitrogens with zero attached hydrogens (tertiary/aromatic N) is 2. The number of imidazole rings is 1. The van der Waals surface area contributed by atoms with Crippen LogP contribution in [0.15, 0.2) is 35.5 Å². The fourth-order valence-electron chi connectivity index (χ4n) is 1.64. The molecule has 6 heteroatoms. The highest BCUT2D eigenvalue weighted by Gasteiger charge is 2.09. The predicted molar refractivity (Wildman–Crippen MR) is 64.2 cm³/mol. The van der Waals surface area contributed by atoms with Crippen molar-refractivity contribution in [3.63, 3.8) is 0 Å². The van der Waals surface area contributed by atoms with E-state index in [4.69, 9.17) is 9.52 Å². The summed E-state index contributed by atoms with van der Waals surface area (Å²) in [6, 6.07) is 1.76. The van der Waals surface area contributed by atoms with E-state index in [-0.39, 0.29) is 11.6 Å². The monoisotopic (exact) mass is 249 g/mol. The second-order valence-electron chi connectivity index (χ2n) is 4.15. The molecule has 0 saturated heterocycles. The molecule has 0 aliphatic rings. The molecular formula is C12H15N3O3. The lowest BCUT2D eigenvalue weighted by Crippen LogP contribution is -2.29. The number of carboxylic acid groups (broad SMARTS) is 1. The SMILES string of the molecule is CC(Cn1ccnc1)NCc1cc(C(=O)O)co1. The van der Waals surface area contributed by atoms with Crippen molar-refractivity contribution in [2.75, 3.05) is 0 Å². The lowest BCUT2D eigenvalue weighted by Gasteiger charge is -2.13. The van der Waals surface area contributed by atoms with Gasteiger partial charge in [-0.1, -0.05) is 0 Å². The molecule has 2 aromatic heterocycles. The fraction of sp³-hybridized carbons (Fsp3) is 0.333. The van der Waals surface area contributed by atoms with E-state index in [2.05, 4.69) is 10.3 Å². The highest BCUT2D eigenvalue weighted by atomic mass is 16.4. The predicted octanol–water partition coefficient (Wildman–Crippen LogP) is 1.35. The third-order valence-corrected chi connectivity index (χ3v) is 2.57. The number of furan rings is 1. The van der Waals surface area contributed by atoms with Crippen molar-refractivity contribution in [1.82, 2.24) is 14.9 Å². The van der Waals surface area contributed by atoms with Crippen LogP contribution in [0.4, 0.5) is 0 Å². The minimum absolute atomic E-state index is 0.175. The van der Waals surface area contributed by atoms with Crippen molar-refractivity contribution in [1.29, 1.82) is 0 Å². The van der Waals surface area contributed by atoms with E-state index in [1.807, 2.05) is 17.7 Å². The van der Waals surface area contributed by atoms with Crippen molar-refractivity contribution < 1.29 is 14.3 Å². The minimum atomic E-state index is -0.975. The van der Waals surface area contributed by atoms with E-state index in [1.165, 1.54) is 12.3 Å². The highest BCUT2D eigenvalue weighted by molar-refractivity contribution is 5.87. The average Bonchev–Trinajstić information content (AvgIpc) is 2.96. The average molecular weight is 249 g/mol. The maximum Gasteiger partial charge on any atom is 0.338 e. The van der Waals surface area contributed by atoms with Gasteiger partial charge < -0.3 is 19.4 Å². The van der Waals surface area contributed by atoms with Crippen molar-refractivity contribution in [3.05, 3.63) is 42.4 Å². The Morgan fingerprint density at radius 1 is 1.67 bits per heavy atom. The maximum atomic E-state index is 10.7. The molecular weight excluding hydrogens is 234 g/mol. The number of aromatic carboxylic acids is 1. The molecule has 0 amide bonds. The van der Waals surface area contributed by atoms with E-state index < -0.39 is 5.97 Å². The number of hydrogen-bond acceptors (Lipinski definition) is 4. The molecule has 0 aromatic carbocycles. The Morgan fingerprint density at radius 2 is 2.50 bits per heavy atom. The molecule has 2 N–H and O–H groups in total. The first-order valence-electron chi connectivity index (χ1n) is 5.65. The van der Waals surface area contributed by atoms with Crippen LogP contribution < -0.4 is 5.32 Å². The molecule has 2 rings (SSSR count). The van der Waals surface area contributed by atoms with Gasteiger partial charge in [-0.05, 0) is 13.0 Å². The summed E-state index contributed by atoms with van der Waals surface area (Å²) in [7, 11) is 0. The van der Waals surface area contributed by atoms with Gasteiger partial charge in [-0.15, -0.1) is 0 Å². The summed E-state index contributed by atoms with van der Waals surface area (Å²) in [5.41, 5.74) is 0.175. The van der Waals surface area contributed by atoms with Crippen molar-refractivity contribution in [2.45, 2.75) is 26.1 Å². The molecule has 1 atom stereocenters. The van der Waals surface area contributed by atoms with E-state index in [0.717, 1.165) is 6.54 Å². The fourth-order valence-corrected chi connectivity index (χ4v) is 1.64. The van der Waals surface area contributed by atoms with E-state index >= 15 is 0 Å². The van der Waals surface area contributed by atoms with Crippen LogP contribution in [0.5, 0.6) is 0 Å². The third kappa shape index (κ3) is 3.21. The molecule has 18 heavy (non-hydrogen) atoms. The summed E-state index contributed by atoms with van der Waals surface area (Å²) in [5, 5.41) is 12.0. The summed E-state index contributed by atoms with van der Waals surface area (Å²) in [5.74, 6) is -0.360.